The molecule has 1 fully saturated rings. The molecule has 4 nitrogen and oxygen atoms in total. The summed E-state index contributed by atoms with van der Waals surface area (Å²) in [6.45, 7) is 0. The van der Waals surface area contributed by atoms with Gasteiger partial charge in [-0.15, -0.1) is 0 Å². The number of methoxy groups -OCH3 is 2. The topological polar surface area (TPSA) is 55.8 Å². The van der Waals surface area contributed by atoms with Gasteiger partial charge in [0, 0.05) is 7.11 Å². The van der Waals surface area contributed by atoms with Gasteiger partial charge in [-0.3, -0.25) is 4.79 Å². The maximum absolute atomic E-state index is 11.7. The van der Waals surface area contributed by atoms with Crippen LogP contribution in [-0.2, 0) is 16.0 Å². The summed E-state index contributed by atoms with van der Waals surface area (Å²) >= 11 is 0. The Balaban J connectivity index is 2.05. The first-order chi connectivity index (χ1) is 10.1. The molecule has 3 atom stereocenters. The van der Waals surface area contributed by atoms with Crippen molar-refractivity contribution in [3.05, 3.63) is 29.8 Å². The predicted molar refractivity (Wildman–Crippen MR) is 80.6 cm³/mol. The van der Waals surface area contributed by atoms with Crippen molar-refractivity contribution in [1.82, 2.24) is 0 Å². The van der Waals surface area contributed by atoms with E-state index in [1.54, 1.807) is 14.2 Å². The van der Waals surface area contributed by atoms with Crippen LogP contribution in [0, 0.1) is 11.8 Å². The molecule has 1 saturated carbocycles. The summed E-state index contributed by atoms with van der Waals surface area (Å²) in [5.74, 6) is -0.0463. The molecule has 1 aliphatic carbocycles. The number of aliphatic carboxylic acids is 1. The van der Waals surface area contributed by atoms with Crippen molar-refractivity contribution in [2.45, 2.75) is 38.2 Å². The molecule has 0 heterocycles. The predicted octanol–water partition coefficient (Wildman–Crippen LogP) is 3.14. The Morgan fingerprint density at radius 3 is 2.57 bits per heavy atom. The van der Waals surface area contributed by atoms with Crippen LogP contribution in [0.4, 0.5) is 0 Å². The van der Waals surface area contributed by atoms with Crippen LogP contribution >= 0.6 is 0 Å². The third-order valence-electron chi connectivity index (χ3n) is 4.50. The Hall–Kier alpha value is -1.55. The number of carbonyl (C=O) groups is 1. The fourth-order valence-electron chi connectivity index (χ4n) is 3.23. The van der Waals surface area contributed by atoms with Crippen LogP contribution < -0.4 is 4.74 Å². The molecule has 2 rings (SSSR count). The number of hydrogen-bond acceptors (Lipinski definition) is 3. The number of benzene rings is 1. The van der Waals surface area contributed by atoms with Gasteiger partial charge >= 0.3 is 5.97 Å². The number of ether oxygens (including phenoxy) is 2. The SMILES string of the molecule is COc1ccc(CC(C(=O)O)C2CCCC(OC)C2)cc1. The lowest BCUT2D eigenvalue weighted by Gasteiger charge is -2.32. The van der Waals surface area contributed by atoms with Crippen molar-refractivity contribution in [1.29, 1.82) is 0 Å². The van der Waals surface area contributed by atoms with E-state index in [2.05, 4.69) is 0 Å². The quantitative estimate of drug-likeness (QED) is 0.875. The molecule has 0 radical (unpaired) electrons. The molecule has 1 aliphatic rings. The molecule has 4 heteroatoms. The van der Waals surface area contributed by atoms with Gasteiger partial charge < -0.3 is 14.6 Å². The highest BCUT2D eigenvalue weighted by molar-refractivity contribution is 5.70. The number of carboxylic acid groups (broad SMARTS) is 1. The van der Waals surface area contributed by atoms with Gasteiger partial charge in [0.05, 0.1) is 19.1 Å². The van der Waals surface area contributed by atoms with Crippen LogP contribution in [0.2, 0.25) is 0 Å². The van der Waals surface area contributed by atoms with E-state index in [0.717, 1.165) is 37.0 Å². The Morgan fingerprint density at radius 1 is 1.29 bits per heavy atom. The van der Waals surface area contributed by atoms with Gasteiger partial charge in [-0.1, -0.05) is 18.6 Å². The molecule has 1 N–H and O–H groups in total. The first kappa shape index (κ1) is 15.8. The van der Waals surface area contributed by atoms with Crippen molar-refractivity contribution in [3.63, 3.8) is 0 Å². The average Bonchev–Trinajstić information content (AvgIpc) is 2.53. The average molecular weight is 292 g/mol. The van der Waals surface area contributed by atoms with Crippen LogP contribution in [0.5, 0.6) is 5.75 Å². The lowest BCUT2D eigenvalue weighted by atomic mass is 9.76. The molecular formula is C17H24O4. The van der Waals surface area contributed by atoms with Crippen LogP contribution in [0.15, 0.2) is 24.3 Å². The van der Waals surface area contributed by atoms with Crippen molar-refractivity contribution < 1.29 is 19.4 Å². The summed E-state index contributed by atoms with van der Waals surface area (Å²) in [7, 11) is 3.34. The zero-order chi connectivity index (χ0) is 15.2. The number of rotatable bonds is 6. The molecule has 0 aromatic heterocycles. The summed E-state index contributed by atoms with van der Waals surface area (Å²) in [4.78, 5) is 11.7. The van der Waals surface area contributed by atoms with E-state index in [9.17, 15) is 9.90 Å². The van der Waals surface area contributed by atoms with E-state index < -0.39 is 5.97 Å². The Bertz CT molecular complexity index is 454. The molecule has 0 aliphatic heterocycles. The molecule has 0 amide bonds. The second-order valence-electron chi connectivity index (χ2n) is 5.78. The first-order valence-corrected chi connectivity index (χ1v) is 7.52. The van der Waals surface area contributed by atoms with Gasteiger partial charge in [-0.2, -0.15) is 0 Å². The van der Waals surface area contributed by atoms with Gasteiger partial charge in [-0.05, 0) is 49.3 Å². The molecule has 3 unspecified atom stereocenters. The van der Waals surface area contributed by atoms with Gasteiger partial charge in [0.1, 0.15) is 5.75 Å². The van der Waals surface area contributed by atoms with E-state index in [4.69, 9.17) is 9.47 Å². The maximum atomic E-state index is 11.7. The normalized spacial score (nSPS) is 23.5. The Labute approximate surface area is 126 Å². The van der Waals surface area contributed by atoms with E-state index in [1.165, 1.54) is 0 Å². The van der Waals surface area contributed by atoms with Crippen LogP contribution in [0.1, 0.15) is 31.2 Å². The molecule has 0 spiro atoms. The second-order valence-corrected chi connectivity index (χ2v) is 5.78. The van der Waals surface area contributed by atoms with Crippen molar-refractivity contribution in [3.8, 4) is 5.75 Å². The number of hydrogen-bond donors (Lipinski definition) is 1. The van der Waals surface area contributed by atoms with Crippen molar-refractivity contribution >= 4 is 5.97 Å². The van der Waals surface area contributed by atoms with Gasteiger partial charge in [-0.25, -0.2) is 0 Å². The second kappa shape index (κ2) is 7.46. The lowest BCUT2D eigenvalue weighted by molar-refractivity contribution is -0.144. The highest BCUT2D eigenvalue weighted by atomic mass is 16.5. The molecular weight excluding hydrogens is 268 g/mol. The van der Waals surface area contributed by atoms with E-state index in [0.29, 0.717) is 6.42 Å². The van der Waals surface area contributed by atoms with E-state index in [1.807, 2.05) is 24.3 Å². The molecule has 116 valence electrons. The van der Waals surface area contributed by atoms with Gasteiger partial charge in [0.25, 0.3) is 0 Å². The standard InChI is InChI=1S/C17H24O4/c1-20-14-8-6-12(7-9-14)10-16(17(18)19)13-4-3-5-15(11-13)21-2/h6-9,13,15-16H,3-5,10-11H2,1-2H3,(H,18,19). The fourth-order valence-corrected chi connectivity index (χ4v) is 3.23. The summed E-state index contributed by atoms with van der Waals surface area (Å²) in [5, 5.41) is 9.58. The molecule has 1 aromatic carbocycles. The minimum Gasteiger partial charge on any atom is -0.497 e. The third kappa shape index (κ3) is 4.21. The minimum atomic E-state index is -0.701. The zero-order valence-corrected chi connectivity index (χ0v) is 12.7. The highest BCUT2D eigenvalue weighted by Crippen LogP contribution is 2.33. The molecule has 0 bridgehead atoms. The first-order valence-electron chi connectivity index (χ1n) is 7.52. The smallest absolute Gasteiger partial charge is 0.307 e. The van der Waals surface area contributed by atoms with Crippen LogP contribution in [0.25, 0.3) is 0 Å². The monoisotopic (exact) mass is 292 g/mol. The largest absolute Gasteiger partial charge is 0.497 e. The van der Waals surface area contributed by atoms with Crippen molar-refractivity contribution in [2.75, 3.05) is 14.2 Å². The lowest BCUT2D eigenvalue weighted by Crippen LogP contribution is -2.32. The third-order valence-corrected chi connectivity index (χ3v) is 4.50. The molecule has 0 saturated heterocycles. The number of carboxylic acids is 1. The van der Waals surface area contributed by atoms with Gasteiger partial charge in [0.2, 0.25) is 0 Å². The Morgan fingerprint density at radius 2 is 2.00 bits per heavy atom. The van der Waals surface area contributed by atoms with Crippen LogP contribution in [0.3, 0.4) is 0 Å². The summed E-state index contributed by atoms with van der Waals surface area (Å²) in [5.41, 5.74) is 1.04. The Kier molecular flexibility index (Phi) is 5.62. The molecule has 1 aromatic rings. The molecule has 21 heavy (non-hydrogen) atoms. The minimum absolute atomic E-state index is 0.198. The van der Waals surface area contributed by atoms with Crippen LogP contribution in [-0.4, -0.2) is 31.4 Å². The maximum Gasteiger partial charge on any atom is 0.307 e. The summed E-state index contributed by atoms with van der Waals surface area (Å²) in [6.07, 6.45) is 4.70. The summed E-state index contributed by atoms with van der Waals surface area (Å²) in [6, 6.07) is 7.66. The summed E-state index contributed by atoms with van der Waals surface area (Å²) < 4.78 is 10.6. The fraction of sp³-hybridized carbons (Fsp3) is 0.588. The zero-order valence-electron chi connectivity index (χ0n) is 12.7. The van der Waals surface area contributed by atoms with Gasteiger partial charge in [0.15, 0.2) is 0 Å². The van der Waals surface area contributed by atoms with E-state index in [-0.39, 0.29) is 17.9 Å². The van der Waals surface area contributed by atoms with Crippen molar-refractivity contribution in [2.24, 2.45) is 11.8 Å². The van der Waals surface area contributed by atoms with E-state index >= 15 is 0 Å². The highest BCUT2D eigenvalue weighted by Gasteiger charge is 2.32.